The fourth-order valence-electron chi connectivity index (χ4n) is 3.36. The highest BCUT2D eigenvalue weighted by molar-refractivity contribution is 5.49. The Bertz CT molecular complexity index is 508. The van der Waals surface area contributed by atoms with E-state index in [1.807, 2.05) is 0 Å². The van der Waals surface area contributed by atoms with Crippen LogP contribution in [-0.2, 0) is 23.2 Å². The van der Waals surface area contributed by atoms with Gasteiger partial charge < -0.3 is 0 Å². The van der Waals surface area contributed by atoms with Crippen LogP contribution in [-0.4, -0.2) is 6.08 Å². The molecule has 1 saturated carbocycles. The summed E-state index contributed by atoms with van der Waals surface area (Å²) in [5.41, 5.74) is 5.47. The smallest absolute Gasteiger partial charge is 0.211 e. The van der Waals surface area contributed by atoms with Crippen molar-refractivity contribution >= 4 is 6.08 Å². The molecule has 1 aromatic carbocycles. The molecule has 2 aliphatic rings. The summed E-state index contributed by atoms with van der Waals surface area (Å²) in [6.45, 7) is 2.18. The summed E-state index contributed by atoms with van der Waals surface area (Å²) in [6, 6.07) is 4.39. The summed E-state index contributed by atoms with van der Waals surface area (Å²) in [5.74, 6) is 0. The SMILES string of the molecule is Cc1ccc(C2(N=C=O)CCC2)c2c1CCC2. The number of nitrogens with zero attached hydrogens (tertiary/aromatic N) is 1. The number of rotatable bonds is 2. The van der Waals surface area contributed by atoms with Crippen molar-refractivity contribution in [2.45, 2.75) is 51.0 Å². The fourth-order valence-corrected chi connectivity index (χ4v) is 3.36. The van der Waals surface area contributed by atoms with Gasteiger partial charge in [0.2, 0.25) is 6.08 Å². The second kappa shape index (κ2) is 3.82. The molecule has 0 aliphatic heterocycles. The van der Waals surface area contributed by atoms with Crippen LogP contribution in [0.3, 0.4) is 0 Å². The van der Waals surface area contributed by atoms with Crippen molar-refractivity contribution in [1.29, 1.82) is 0 Å². The van der Waals surface area contributed by atoms with Gasteiger partial charge in [-0.2, -0.15) is 4.99 Å². The fraction of sp³-hybridized carbons (Fsp3) is 0.533. The quantitative estimate of drug-likeness (QED) is 0.563. The monoisotopic (exact) mass is 227 g/mol. The van der Waals surface area contributed by atoms with Gasteiger partial charge in [0.15, 0.2) is 0 Å². The molecule has 0 saturated heterocycles. The molecule has 2 aliphatic carbocycles. The minimum Gasteiger partial charge on any atom is -0.211 e. The van der Waals surface area contributed by atoms with E-state index in [4.69, 9.17) is 0 Å². The van der Waals surface area contributed by atoms with Crippen LogP contribution in [0.2, 0.25) is 0 Å². The average Bonchev–Trinajstić information content (AvgIpc) is 2.74. The minimum absolute atomic E-state index is 0.218. The molecule has 0 heterocycles. The first-order chi connectivity index (χ1) is 8.27. The third-order valence-corrected chi connectivity index (χ3v) is 4.46. The zero-order valence-corrected chi connectivity index (χ0v) is 10.3. The second-order valence-corrected chi connectivity index (χ2v) is 5.33. The molecule has 2 heteroatoms. The topological polar surface area (TPSA) is 29.4 Å². The Labute approximate surface area is 102 Å². The number of hydrogen-bond acceptors (Lipinski definition) is 2. The highest BCUT2D eigenvalue weighted by Crippen LogP contribution is 2.48. The lowest BCUT2D eigenvalue weighted by molar-refractivity contribution is 0.254. The molecule has 17 heavy (non-hydrogen) atoms. The van der Waals surface area contributed by atoms with E-state index in [1.165, 1.54) is 41.5 Å². The molecular weight excluding hydrogens is 210 g/mol. The summed E-state index contributed by atoms with van der Waals surface area (Å²) in [7, 11) is 0. The molecule has 0 aromatic heterocycles. The van der Waals surface area contributed by atoms with Gasteiger partial charge in [0.05, 0.1) is 5.54 Å². The Kier molecular flexibility index (Phi) is 2.41. The summed E-state index contributed by atoms with van der Waals surface area (Å²) < 4.78 is 0. The minimum atomic E-state index is -0.218. The number of aryl methyl sites for hydroxylation is 1. The number of benzene rings is 1. The Morgan fingerprint density at radius 1 is 1.18 bits per heavy atom. The first kappa shape index (κ1) is 10.7. The van der Waals surface area contributed by atoms with Crippen LogP contribution in [0.25, 0.3) is 0 Å². The third kappa shape index (κ3) is 1.48. The largest absolute Gasteiger partial charge is 0.235 e. The van der Waals surface area contributed by atoms with Crippen molar-refractivity contribution in [2.75, 3.05) is 0 Å². The van der Waals surface area contributed by atoms with E-state index in [0.717, 1.165) is 19.3 Å². The molecular formula is C15H17NO. The van der Waals surface area contributed by atoms with Crippen LogP contribution >= 0.6 is 0 Å². The Morgan fingerprint density at radius 2 is 1.94 bits per heavy atom. The molecule has 0 bridgehead atoms. The molecule has 0 spiro atoms. The van der Waals surface area contributed by atoms with E-state index in [2.05, 4.69) is 24.0 Å². The number of fused-ring (bicyclic) bond motifs is 1. The van der Waals surface area contributed by atoms with Gasteiger partial charge in [-0.05, 0) is 67.7 Å². The van der Waals surface area contributed by atoms with Crippen molar-refractivity contribution in [3.05, 3.63) is 34.4 Å². The van der Waals surface area contributed by atoms with Gasteiger partial charge in [0.25, 0.3) is 0 Å². The highest BCUT2D eigenvalue weighted by Gasteiger charge is 2.41. The zero-order chi connectivity index (χ0) is 11.9. The molecule has 0 radical (unpaired) electrons. The normalized spacial score (nSPS) is 20.3. The maximum Gasteiger partial charge on any atom is 0.235 e. The Balaban J connectivity index is 2.15. The van der Waals surface area contributed by atoms with Crippen LogP contribution in [0.1, 0.15) is 47.9 Å². The van der Waals surface area contributed by atoms with Crippen LogP contribution in [0.4, 0.5) is 0 Å². The van der Waals surface area contributed by atoms with Crippen molar-refractivity contribution in [1.82, 2.24) is 0 Å². The van der Waals surface area contributed by atoms with Crippen LogP contribution in [0.5, 0.6) is 0 Å². The van der Waals surface area contributed by atoms with Gasteiger partial charge in [-0.25, -0.2) is 4.79 Å². The Hall–Kier alpha value is -1.40. The molecule has 0 N–H and O–H groups in total. The van der Waals surface area contributed by atoms with Gasteiger partial charge in [0.1, 0.15) is 0 Å². The van der Waals surface area contributed by atoms with Crippen LogP contribution in [0.15, 0.2) is 17.1 Å². The van der Waals surface area contributed by atoms with E-state index >= 15 is 0 Å². The molecule has 3 rings (SSSR count). The maximum absolute atomic E-state index is 10.7. The lowest BCUT2D eigenvalue weighted by Gasteiger charge is -2.38. The zero-order valence-electron chi connectivity index (χ0n) is 10.3. The predicted octanol–water partition coefficient (Wildman–Crippen LogP) is 3.20. The van der Waals surface area contributed by atoms with Gasteiger partial charge in [-0.3, -0.25) is 0 Å². The predicted molar refractivity (Wildman–Crippen MR) is 66.9 cm³/mol. The van der Waals surface area contributed by atoms with E-state index in [0.29, 0.717) is 0 Å². The van der Waals surface area contributed by atoms with Crippen molar-refractivity contribution < 1.29 is 4.79 Å². The van der Waals surface area contributed by atoms with Gasteiger partial charge in [0, 0.05) is 0 Å². The van der Waals surface area contributed by atoms with Gasteiger partial charge in [-0.1, -0.05) is 12.1 Å². The number of hydrogen-bond donors (Lipinski definition) is 0. The molecule has 88 valence electrons. The summed E-state index contributed by atoms with van der Waals surface area (Å²) in [6.07, 6.45) is 8.58. The lowest BCUT2D eigenvalue weighted by atomic mass is 9.70. The number of isocyanates is 1. The molecule has 1 fully saturated rings. The molecule has 2 nitrogen and oxygen atoms in total. The lowest BCUT2D eigenvalue weighted by Crippen LogP contribution is -2.33. The first-order valence-corrected chi connectivity index (χ1v) is 6.48. The molecule has 0 unspecified atom stereocenters. The third-order valence-electron chi connectivity index (χ3n) is 4.46. The average molecular weight is 227 g/mol. The molecule has 0 atom stereocenters. The van der Waals surface area contributed by atoms with E-state index < -0.39 is 0 Å². The van der Waals surface area contributed by atoms with Crippen LogP contribution in [0, 0.1) is 6.92 Å². The van der Waals surface area contributed by atoms with Crippen molar-refractivity contribution in [3.8, 4) is 0 Å². The number of carbonyl (C=O) groups excluding carboxylic acids is 1. The summed E-state index contributed by atoms with van der Waals surface area (Å²) >= 11 is 0. The maximum atomic E-state index is 10.7. The summed E-state index contributed by atoms with van der Waals surface area (Å²) in [4.78, 5) is 14.8. The van der Waals surface area contributed by atoms with Gasteiger partial charge >= 0.3 is 0 Å². The van der Waals surface area contributed by atoms with Crippen molar-refractivity contribution in [2.24, 2.45) is 4.99 Å². The summed E-state index contributed by atoms with van der Waals surface area (Å²) in [5, 5.41) is 0. The molecule has 1 aromatic rings. The second-order valence-electron chi connectivity index (χ2n) is 5.33. The van der Waals surface area contributed by atoms with Crippen LogP contribution < -0.4 is 0 Å². The van der Waals surface area contributed by atoms with E-state index in [-0.39, 0.29) is 5.54 Å². The van der Waals surface area contributed by atoms with E-state index in [1.54, 1.807) is 6.08 Å². The standard InChI is InChI=1S/C15H17NO/c1-11-6-7-14(13-5-2-4-12(11)13)15(16-10-17)8-3-9-15/h6-7H,2-5,8-9H2,1H3. The number of aliphatic imine (C=N–C) groups is 1. The molecule has 0 amide bonds. The van der Waals surface area contributed by atoms with Crippen molar-refractivity contribution in [3.63, 3.8) is 0 Å². The first-order valence-electron chi connectivity index (χ1n) is 6.48. The highest BCUT2D eigenvalue weighted by atomic mass is 16.1. The Morgan fingerprint density at radius 3 is 2.59 bits per heavy atom. The van der Waals surface area contributed by atoms with Gasteiger partial charge in [-0.15, -0.1) is 0 Å². The van der Waals surface area contributed by atoms with E-state index in [9.17, 15) is 4.79 Å².